The molecule has 0 radical (unpaired) electrons. The van der Waals surface area contributed by atoms with Gasteiger partial charge in [0.2, 0.25) is 0 Å². The van der Waals surface area contributed by atoms with Crippen molar-refractivity contribution in [2.45, 2.75) is 19.9 Å². The highest BCUT2D eigenvalue weighted by Gasteiger charge is 2.22. The van der Waals surface area contributed by atoms with Crippen LogP contribution in [0.25, 0.3) is 10.9 Å². The third kappa shape index (κ3) is 2.17. The average molecular weight is 294 g/mol. The molecule has 0 saturated carbocycles. The Kier molecular flexibility index (Phi) is 3.15. The first kappa shape index (κ1) is 12.0. The van der Waals surface area contributed by atoms with Crippen molar-refractivity contribution in [1.29, 1.82) is 0 Å². The number of halogens is 1. The van der Waals surface area contributed by atoms with Gasteiger partial charge in [-0.1, -0.05) is 15.9 Å². The summed E-state index contributed by atoms with van der Waals surface area (Å²) in [5, 5.41) is 1.01. The number of ketones is 2. The number of hydrogen-bond acceptors (Lipinski definition) is 2. The molecule has 3 nitrogen and oxygen atoms in total. The van der Waals surface area contributed by atoms with Gasteiger partial charge in [0, 0.05) is 21.6 Å². The number of rotatable bonds is 3. The van der Waals surface area contributed by atoms with Gasteiger partial charge in [0.25, 0.3) is 0 Å². The molecule has 0 aliphatic carbocycles. The molecule has 0 aliphatic rings. The van der Waals surface area contributed by atoms with E-state index in [1.165, 1.54) is 13.8 Å². The highest BCUT2D eigenvalue weighted by atomic mass is 79.9. The number of benzene rings is 1. The summed E-state index contributed by atoms with van der Waals surface area (Å²) in [4.78, 5) is 23.1. The molecule has 0 fully saturated rings. The van der Waals surface area contributed by atoms with Gasteiger partial charge >= 0.3 is 0 Å². The molecule has 2 rings (SSSR count). The summed E-state index contributed by atoms with van der Waals surface area (Å²) in [6, 6.07) is 6.95. The first-order chi connectivity index (χ1) is 8.00. The summed E-state index contributed by atoms with van der Waals surface area (Å²) in [7, 11) is 0. The van der Waals surface area contributed by atoms with Crippen LogP contribution in [0.3, 0.4) is 0 Å². The van der Waals surface area contributed by atoms with Crippen molar-refractivity contribution < 1.29 is 9.59 Å². The van der Waals surface area contributed by atoms with Crippen LogP contribution in [0.2, 0.25) is 0 Å². The van der Waals surface area contributed by atoms with Crippen LogP contribution < -0.4 is 0 Å². The molecule has 17 heavy (non-hydrogen) atoms. The number of hydrogen-bond donors (Lipinski definition) is 0. The lowest BCUT2D eigenvalue weighted by Crippen LogP contribution is -2.23. The van der Waals surface area contributed by atoms with Crippen molar-refractivity contribution in [2.24, 2.45) is 0 Å². The Bertz CT molecular complexity index is 586. The Morgan fingerprint density at radius 3 is 2.41 bits per heavy atom. The first-order valence-corrected chi connectivity index (χ1v) is 6.07. The summed E-state index contributed by atoms with van der Waals surface area (Å²) in [5.41, 5.74) is 0.892. The molecule has 0 atom stereocenters. The molecule has 1 aromatic heterocycles. The topological polar surface area (TPSA) is 39.1 Å². The van der Waals surface area contributed by atoms with Gasteiger partial charge in [-0.3, -0.25) is 9.59 Å². The number of fused-ring (bicyclic) bond motifs is 1. The Hall–Kier alpha value is -1.42. The molecule has 1 heterocycles. The van der Waals surface area contributed by atoms with Gasteiger partial charge in [-0.25, -0.2) is 0 Å². The maximum absolute atomic E-state index is 11.5. The largest absolute Gasteiger partial charge is 0.330 e. The number of carbonyl (C=O) groups is 2. The molecule has 0 unspecified atom stereocenters. The summed E-state index contributed by atoms with van der Waals surface area (Å²) < 4.78 is 2.71. The van der Waals surface area contributed by atoms with Gasteiger partial charge in [-0.15, -0.1) is 0 Å². The van der Waals surface area contributed by atoms with Crippen molar-refractivity contribution in [1.82, 2.24) is 4.57 Å². The minimum absolute atomic E-state index is 0.141. The molecule has 0 N–H and O–H groups in total. The zero-order valence-corrected chi connectivity index (χ0v) is 11.2. The molecule has 0 bridgehead atoms. The molecular weight excluding hydrogens is 282 g/mol. The molecule has 4 heteroatoms. The third-order valence-corrected chi connectivity index (χ3v) is 3.22. The first-order valence-electron chi connectivity index (χ1n) is 5.27. The molecule has 88 valence electrons. The molecule has 0 saturated heterocycles. The Balaban J connectivity index is 2.62. The Morgan fingerprint density at radius 1 is 1.18 bits per heavy atom. The van der Waals surface area contributed by atoms with E-state index in [0.29, 0.717) is 0 Å². The van der Waals surface area contributed by atoms with Gasteiger partial charge < -0.3 is 4.57 Å². The number of Topliss-reactive ketones (excluding diaryl/α,β-unsaturated/α-hetero) is 2. The van der Waals surface area contributed by atoms with E-state index in [2.05, 4.69) is 15.9 Å². The van der Waals surface area contributed by atoms with E-state index in [9.17, 15) is 9.59 Å². The predicted octanol–water partition coefficient (Wildman–Crippen LogP) is 3.12. The van der Waals surface area contributed by atoms with E-state index in [4.69, 9.17) is 0 Å². The minimum Gasteiger partial charge on any atom is -0.330 e. The summed E-state index contributed by atoms with van der Waals surface area (Å²) in [6.45, 7) is 2.88. The summed E-state index contributed by atoms with van der Waals surface area (Å²) in [6.07, 6.45) is 1.78. The second kappa shape index (κ2) is 4.45. The fourth-order valence-corrected chi connectivity index (χ4v) is 2.42. The monoisotopic (exact) mass is 293 g/mol. The van der Waals surface area contributed by atoms with Crippen molar-refractivity contribution in [3.05, 3.63) is 34.9 Å². The molecule has 1 aromatic carbocycles. The van der Waals surface area contributed by atoms with Crippen LogP contribution in [-0.2, 0) is 9.59 Å². The van der Waals surface area contributed by atoms with Gasteiger partial charge in [-0.2, -0.15) is 0 Å². The quantitative estimate of drug-likeness (QED) is 0.816. The Morgan fingerprint density at radius 2 is 1.82 bits per heavy atom. The third-order valence-electron chi connectivity index (χ3n) is 2.73. The predicted molar refractivity (Wildman–Crippen MR) is 70.0 cm³/mol. The molecular formula is C13H12BrNO2. The normalized spacial score (nSPS) is 11.1. The van der Waals surface area contributed by atoms with Gasteiger partial charge in [-0.05, 0) is 38.1 Å². The maximum atomic E-state index is 11.5. The zero-order chi connectivity index (χ0) is 12.6. The van der Waals surface area contributed by atoms with E-state index >= 15 is 0 Å². The standard InChI is InChI=1S/C13H12BrNO2/c1-8(16)13(9(2)17)15-6-5-10-7-11(14)3-4-12(10)15/h3-7,13H,1-2H3. The van der Waals surface area contributed by atoms with E-state index in [1.54, 1.807) is 10.8 Å². The van der Waals surface area contributed by atoms with Crippen molar-refractivity contribution in [3.8, 4) is 0 Å². The lowest BCUT2D eigenvalue weighted by atomic mass is 10.1. The van der Waals surface area contributed by atoms with Crippen molar-refractivity contribution in [3.63, 3.8) is 0 Å². The number of carbonyl (C=O) groups excluding carboxylic acids is 2. The minimum atomic E-state index is -0.714. The van der Waals surface area contributed by atoms with Crippen molar-refractivity contribution >= 4 is 38.4 Å². The fraction of sp³-hybridized carbons (Fsp3) is 0.231. The zero-order valence-electron chi connectivity index (χ0n) is 9.61. The van der Waals surface area contributed by atoms with Crippen LogP contribution in [0.4, 0.5) is 0 Å². The summed E-state index contributed by atoms with van der Waals surface area (Å²) in [5.74, 6) is -0.282. The molecule has 2 aromatic rings. The average Bonchev–Trinajstić information content (AvgIpc) is 2.60. The van der Waals surface area contributed by atoms with E-state index in [-0.39, 0.29) is 11.6 Å². The second-order valence-corrected chi connectivity index (χ2v) is 4.97. The number of aromatic nitrogens is 1. The van der Waals surface area contributed by atoms with Gasteiger partial charge in [0.1, 0.15) is 6.04 Å². The maximum Gasteiger partial charge on any atom is 0.160 e. The SMILES string of the molecule is CC(=O)C(C(C)=O)n1ccc2cc(Br)ccc21. The summed E-state index contributed by atoms with van der Waals surface area (Å²) >= 11 is 3.39. The molecule has 0 aliphatic heterocycles. The Labute approximate surface area is 108 Å². The lowest BCUT2D eigenvalue weighted by Gasteiger charge is -2.13. The van der Waals surface area contributed by atoms with E-state index < -0.39 is 6.04 Å². The fourth-order valence-electron chi connectivity index (χ4n) is 2.04. The highest BCUT2D eigenvalue weighted by molar-refractivity contribution is 9.10. The lowest BCUT2D eigenvalue weighted by molar-refractivity contribution is -0.129. The van der Waals surface area contributed by atoms with Crippen LogP contribution in [0.15, 0.2) is 34.9 Å². The molecule has 0 amide bonds. The van der Waals surface area contributed by atoms with Crippen LogP contribution in [0, 0.1) is 0 Å². The van der Waals surface area contributed by atoms with E-state index in [1.807, 2.05) is 24.3 Å². The van der Waals surface area contributed by atoms with Crippen LogP contribution >= 0.6 is 15.9 Å². The highest BCUT2D eigenvalue weighted by Crippen LogP contribution is 2.24. The van der Waals surface area contributed by atoms with Gasteiger partial charge in [0.05, 0.1) is 0 Å². The smallest absolute Gasteiger partial charge is 0.160 e. The number of nitrogens with zero attached hydrogens (tertiary/aromatic N) is 1. The van der Waals surface area contributed by atoms with Crippen LogP contribution in [-0.4, -0.2) is 16.1 Å². The van der Waals surface area contributed by atoms with Crippen molar-refractivity contribution in [2.75, 3.05) is 0 Å². The van der Waals surface area contributed by atoms with Crippen LogP contribution in [0.5, 0.6) is 0 Å². The van der Waals surface area contributed by atoms with Crippen LogP contribution in [0.1, 0.15) is 19.9 Å². The van der Waals surface area contributed by atoms with E-state index in [0.717, 1.165) is 15.4 Å². The second-order valence-electron chi connectivity index (χ2n) is 4.05. The molecule has 0 spiro atoms. The van der Waals surface area contributed by atoms with Gasteiger partial charge in [0.15, 0.2) is 11.6 Å².